The Morgan fingerprint density at radius 3 is 1.18 bits per heavy atom. The molecule has 0 unspecified atom stereocenters. The molecule has 2 aliphatic carbocycles. The van der Waals surface area contributed by atoms with Gasteiger partial charge >= 0.3 is 23.9 Å². The predicted octanol–water partition coefficient (Wildman–Crippen LogP) is 4.91. The van der Waals surface area contributed by atoms with Crippen LogP contribution in [0, 0.1) is 10.8 Å². The minimum absolute atomic E-state index is 0.368. The first-order chi connectivity index (χ1) is 16.3. The molecule has 0 aliphatic heterocycles. The highest BCUT2D eigenvalue weighted by Crippen LogP contribution is 2.39. The zero-order chi connectivity index (χ0) is 25.5. The molecular formula is C26H44O8. The minimum atomic E-state index is -1.03. The second kappa shape index (κ2) is 15.7. The second-order valence-electron chi connectivity index (χ2n) is 9.25. The maximum atomic E-state index is 12.3. The van der Waals surface area contributed by atoms with Gasteiger partial charge in [0, 0.05) is 0 Å². The van der Waals surface area contributed by atoms with E-state index in [0.717, 1.165) is 64.2 Å². The Balaban J connectivity index is 0.000000362. The molecule has 0 aromatic rings. The summed E-state index contributed by atoms with van der Waals surface area (Å²) < 4.78 is 20.0. The molecule has 0 bridgehead atoms. The molecule has 0 spiro atoms. The van der Waals surface area contributed by atoms with Crippen LogP contribution in [0.5, 0.6) is 0 Å². The second-order valence-corrected chi connectivity index (χ2v) is 9.25. The van der Waals surface area contributed by atoms with Gasteiger partial charge in [0.25, 0.3) is 0 Å². The summed E-state index contributed by atoms with van der Waals surface area (Å²) in [6.45, 7) is 4.89. The molecule has 0 atom stereocenters. The quantitative estimate of drug-likeness (QED) is 0.186. The predicted molar refractivity (Wildman–Crippen MR) is 127 cm³/mol. The molecular weight excluding hydrogens is 440 g/mol. The Morgan fingerprint density at radius 1 is 0.559 bits per heavy atom. The van der Waals surface area contributed by atoms with Crippen LogP contribution in [0.3, 0.4) is 0 Å². The van der Waals surface area contributed by atoms with E-state index >= 15 is 0 Å². The van der Waals surface area contributed by atoms with Crippen LogP contribution in [0.4, 0.5) is 0 Å². The van der Waals surface area contributed by atoms with E-state index in [1.807, 2.05) is 13.8 Å². The van der Waals surface area contributed by atoms with Crippen LogP contribution in [0.1, 0.15) is 104 Å². The van der Waals surface area contributed by atoms with Crippen molar-refractivity contribution in [2.24, 2.45) is 10.8 Å². The van der Waals surface area contributed by atoms with Crippen molar-refractivity contribution in [3.8, 4) is 0 Å². The number of carbonyl (C=O) groups is 4. The van der Waals surface area contributed by atoms with Crippen LogP contribution in [0.15, 0.2) is 0 Å². The number of ether oxygens (including phenoxy) is 4. The highest BCUT2D eigenvalue weighted by Gasteiger charge is 2.50. The molecule has 2 aliphatic rings. The van der Waals surface area contributed by atoms with E-state index in [-0.39, 0.29) is 11.9 Å². The molecule has 34 heavy (non-hydrogen) atoms. The number of carbonyl (C=O) groups excluding carboxylic acids is 4. The summed E-state index contributed by atoms with van der Waals surface area (Å²) in [5.41, 5.74) is -2.05. The van der Waals surface area contributed by atoms with Gasteiger partial charge in [-0.1, -0.05) is 65.2 Å². The third-order valence-corrected chi connectivity index (χ3v) is 6.81. The lowest BCUT2D eigenvalue weighted by molar-refractivity contribution is -0.176. The van der Waals surface area contributed by atoms with Crippen molar-refractivity contribution in [2.45, 2.75) is 104 Å². The Labute approximate surface area is 204 Å². The molecule has 0 radical (unpaired) electrons. The van der Waals surface area contributed by atoms with Gasteiger partial charge in [-0.15, -0.1) is 0 Å². The Morgan fingerprint density at radius 2 is 0.882 bits per heavy atom. The lowest BCUT2D eigenvalue weighted by Crippen LogP contribution is -2.43. The van der Waals surface area contributed by atoms with E-state index in [1.54, 1.807) is 0 Å². The normalized spacial score (nSPS) is 18.5. The molecule has 2 fully saturated rings. The number of esters is 4. The molecule has 0 amide bonds. The van der Waals surface area contributed by atoms with E-state index in [9.17, 15) is 19.2 Å². The van der Waals surface area contributed by atoms with Crippen LogP contribution in [0.25, 0.3) is 0 Å². The summed E-state index contributed by atoms with van der Waals surface area (Å²) >= 11 is 0. The van der Waals surface area contributed by atoms with Crippen molar-refractivity contribution in [3.63, 3.8) is 0 Å². The maximum absolute atomic E-state index is 12.3. The first kappa shape index (κ1) is 29.9. The van der Waals surface area contributed by atoms with Crippen LogP contribution in [0.2, 0.25) is 0 Å². The van der Waals surface area contributed by atoms with Crippen molar-refractivity contribution in [2.75, 3.05) is 27.4 Å². The number of unbranched alkanes of at least 4 members (excludes halogenated alkanes) is 2. The smallest absolute Gasteiger partial charge is 0.323 e. The molecule has 0 saturated heterocycles. The summed E-state index contributed by atoms with van der Waals surface area (Å²) in [6.07, 6.45) is 11.6. The summed E-state index contributed by atoms with van der Waals surface area (Å²) in [5.74, 6) is -1.65. The van der Waals surface area contributed by atoms with E-state index in [0.29, 0.717) is 38.9 Å². The van der Waals surface area contributed by atoms with Gasteiger partial charge in [0.15, 0.2) is 10.8 Å². The zero-order valence-corrected chi connectivity index (χ0v) is 21.6. The molecule has 0 aromatic heterocycles. The van der Waals surface area contributed by atoms with E-state index in [1.165, 1.54) is 14.2 Å². The van der Waals surface area contributed by atoms with Crippen molar-refractivity contribution in [1.29, 1.82) is 0 Å². The summed E-state index contributed by atoms with van der Waals surface area (Å²) in [4.78, 5) is 47.8. The lowest BCUT2D eigenvalue weighted by Gasteiger charge is -2.32. The van der Waals surface area contributed by atoms with Gasteiger partial charge in [-0.3, -0.25) is 19.2 Å². The van der Waals surface area contributed by atoms with Crippen molar-refractivity contribution in [3.05, 3.63) is 0 Å². The highest BCUT2D eigenvalue weighted by atomic mass is 16.6. The fourth-order valence-electron chi connectivity index (χ4n) is 4.58. The van der Waals surface area contributed by atoms with E-state index in [2.05, 4.69) is 9.47 Å². The number of hydrogen-bond donors (Lipinski definition) is 0. The standard InChI is InChI=1S/C16H28O4.C10H16O4/c1-3-5-12-19-14(17)16(10-8-7-9-11-16)15(18)20-13-6-4-2;1-13-8(11)10(9(12)14-2)6-4-3-5-7-10/h3-13H2,1-2H3;3-7H2,1-2H3. The lowest BCUT2D eigenvalue weighted by atomic mass is 9.74. The molecule has 2 rings (SSSR count). The van der Waals surface area contributed by atoms with E-state index < -0.39 is 22.8 Å². The van der Waals surface area contributed by atoms with Crippen LogP contribution < -0.4 is 0 Å². The molecule has 0 N–H and O–H groups in total. The summed E-state index contributed by atoms with van der Waals surface area (Å²) in [7, 11) is 2.61. The van der Waals surface area contributed by atoms with Crippen LogP contribution in [-0.2, 0) is 38.1 Å². The maximum Gasteiger partial charge on any atom is 0.323 e. The average molecular weight is 485 g/mol. The molecule has 196 valence electrons. The third kappa shape index (κ3) is 7.98. The largest absolute Gasteiger partial charge is 0.468 e. The molecule has 8 heteroatoms. The van der Waals surface area contributed by atoms with Crippen LogP contribution >= 0.6 is 0 Å². The number of rotatable bonds is 10. The molecule has 0 heterocycles. The van der Waals surface area contributed by atoms with E-state index in [4.69, 9.17) is 9.47 Å². The summed E-state index contributed by atoms with van der Waals surface area (Å²) in [5, 5.41) is 0. The van der Waals surface area contributed by atoms with Crippen molar-refractivity contribution >= 4 is 23.9 Å². The van der Waals surface area contributed by atoms with Crippen molar-refractivity contribution in [1.82, 2.24) is 0 Å². The molecule has 2 saturated carbocycles. The van der Waals surface area contributed by atoms with Gasteiger partial charge in [-0.25, -0.2) is 0 Å². The third-order valence-electron chi connectivity index (χ3n) is 6.81. The Kier molecular flexibility index (Phi) is 13.8. The topological polar surface area (TPSA) is 105 Å². The number of hydrogen-bond acceptors (Lipinski definition) is 8. The fourth-order valence-corrected chi connectivity index (χ4v) is 4.58. The fraction of sp³-hybridized carbons (Fsp3) is 0.846. The minimum Gasteiger partial charge on any atom is -0.468 e. The first-order valence-corrected chi connectivity index (χ1v) is 12.9. The Bertz CT molecular complexity index is 603. The Hall–Kier alpha value is -2.12. The highest BCUT2D eigenvalue weighted by molar-refractivity contribution is 6.00. The monoisotopic (exact) mass is 484 g/mol. The zero-order valence-electron chi connectivity index (χ0n) is 21.6. The van der Waals surface area contributed by atoms with Gasteiger partial charge in [0.05, 0.1) is 27.4 Å². The van der Waals surface area contributed by atoms with Gasteiger partial charge < -0.3 is 18.9 Å². The average Bonchev–Trinajstić information content (AvgIpc) is 2.88. The first-order valence-electron chi connectivity index (χ1n) is 12.9. The van der Waals surface area contributed by atoms with Crippen molar-refractivity contribution < 1.29 is 38.1 Å². The van der Waals surface area contributed by atoms with Gasteiger partial charge in [-0.2, -0.15) is 0 Å². The SMILES string of the molecule is CCCCOC(=O)C1(C(=O)OCCCC)CCCCC1.COC(=O)C1(C(=O)OC)CCCCC1. The van der Waals surface area contributed by atoms with Gasteiger partial charge in [0.2, 0.25) is 0 Å². The van der Waals surface area contributed by atoms with Crippen LogP contribution in [-0.4, -0.2) is 51.3 Å². The molecule has 0 aromatic carbocycles. The molecule has 8 nitrogen and oxygen atoms in total. The van der Waals surface area contributed by atoms with Gasteiger partial charge in [-0.05, 0) is 38.5 Å². The number of methoxy groups -OCH3 is 2. The van der Waals surface area contributed by atoms with Gasteiger partial charge in [0.1, 0.15) is 0 Å². The summed E-state index contributed by atoms with van der Waals surface area (Å²) in [6, 6.07) is 0.